The highest BCUT2D eigenvalue weighted by Gasteiger charge is 2.15. The zero-order valence-electron chi connectivity index (χ0n) is 16.5. The van der Waals surface area contributed by atoms with E-state index in [-0.39, 0.29) is 25.2 Å². The molecule has 2 N–H and O–H groups in total. The van der Waals surface area contributed by atoms with Crippen LogP contribution in [0.3, 0.4) is 0 Å². The molecule has 28 heavy (non-hydrogen) atoms. The molecule has 7 heteroatoms. The Morgan fingerprint density at radius 3 is 2.57 bits per heavy atom. The van der Waals surface area contributed by atoms with Crippen LogP contribution in [0.15, 0.2) is 24.3 Å². The van der Waals surface area contributed by atoms with Crippen molar-refractivity contribution in [1.29, 1.82) is 0 Å². The van der Waals surface area contributed by atoms with Gasteiger partial charge in [0, 0.05) is 25.2 Å². The summed E-state index contributed by atoms with van der Waals surface area (Å²) in [5.41, 5.74) is 4.77. The fourth-order valence-electron chi connectivity index (χ4n) is 3.22. The molecule has 0 radical (unpaired) electrons. The average Bonchev–Trinajstić information content (AvgIpc) is 3.10. The van der Waals surface area contributed by atoms with Crippen LogP contribution in [-0.2, 0) is 16.1 Å². The molecule has 7 nitrogen and oxygen atoms in total. The van der Waals surface area contributed by atoms with Gasteiger partial charge >= 0.3 is 0 Å². The summed E-state index contributed by atoms with van der Waals surface area (Å²) in [6.07, 6.45) is 0. The molecule has 148 valence electrons. The molecule has 0 atom stereocenters. The van der Waals surface area contributed by atoms with Gasteiger partial charge in [0.2, 0.25) is 12.7 Å². The van der Waals surface area contributed by atoms with Crippen molar-refractivity contribution in [1.82, 2.24) is 5.32 Å². The minimum Gasteiger partial charge on any atom is -0.484 e. The van der Waals surface area contributed by atoms with Crippen molar-refractivity contribution in [2.24, 2.45) is 0 Å². The van der Waals surface area contributed by atoms with Crippen LogP contribution in [0.5, 0.6) is 17.2 Å². The highest BCUT2D eigenvalue weighted by Crippen LogP contribution is 2.35. The third kappa shape index (κ3) is 4.36. The highest BCUT2D eigenvalue weighted by molar-refractivity contribution is 5.91. The van der Waals surface area contributed by atoms with Gasteiger partial charge in [-0.15, -0.1) is 0 Å². The van der Waals surface area contributed by atoms with E-state index in [2.05, 4.69) is 10.6 Å². The van der Waals surface area contributed by atoms with Gasteiger partial charge in [0.05, 0.1) is 0 Å². The van der Waals surface area contributed by atoms with Crippen LogP contribution in [0.2, 0.25) is 0 Å². The monoisotopic (exact) mass is 384 g/mol. The van der Waals surface area contributed by atoms with Crippen molar-refractivity contribution in [2.45, 2.75) is 34.2 Å². The Hall–Kier alpha value is -3.22. The van der Waals surface area contributed by atoms with Gasteiger partial charge in [-0.05, 0) is 55.2 Å². The molecular weight excluding hydrogens is 360 g/mol. The standard InChI is InChI=1S/C21H24N2O5/c1-12-7-13(2)21(23-15(4)24)14(3)17(12)9-22-20(25)10-26-16-5-6-18-19(8-16)28-11-27-18/h5-8H,9-11H2,1-4H3,(H,22,25)(H,23,24). The fraction of sp³-hybridized carbons (Fsp3) is 0.333. The number of carbonyl (C=O) groups is 2. The number of fused-ring (bicyclic) bond motifs is 1. The third-order valence-corrected chi connectivity index (χ3v) is 4.61. The molecule has 0 aliphatic carbocycles. The second-order valence-corrected chi connectivity index (χ2v) is 6.75. The van der Waals surface area contributed by atoms with Crippen molar-refractivity contribution in [2.75, 3.05) is 18.7 Å². The zero-order valence-corrected chi connectivity index (χ0v) is 16.5. The lowest BCUT2D eigenvalue weighted by Gasteiger charge is -2.18. The van der Waals surface area contributed by atoms with Gasteiger partial charge in [-0.2, -0.15) is 0 Å². The molecule has 1 aliphatic heterocycles. The zero-order chi connectivity index (χ0) is 20.3. The number of amides is 2. The van der Waals surface area contributed by atoms with Gasteiger partial charge in [-0.25, -0.2) is 0 Å². The van der Waals surface area contributed by atoms with Gasteiger partial charge in [-0.3, -0.25) is 9.59 Å². The number of nitrogens with one attached hydrogen (secondary N) is 2. The number of hydrogen-bond acceptors (Lipinski definition) is 5. The number of rotatable bonds is 6. The molecule has 0 bridgehead atoms. The average molecular weight is 384 g/mol. The molecule has 0 aromatic heterocycles. The Morgan fingerprint density at radius 1 is 1.07 bits per heavy atom. The third-order valence-electron chi connectivity index (χ3n) is 4.61. The lowest BCUT2D eigenvalue weighted by molar-refractivity contribution is -0.123. The molecule has 0 saturated carbocycles. The number of aryl methyl sites for hydroxylation is 2. The summed E-state index contributed by atoms with van der Waals surface area (Å²) in [5.74, 6) is 1.45. The van der Waals surface area contributed by atoms with E-state index in [1.54, 1.807) is 18.2 Å². The van der Waals surface area contributed by atoms with Crippen LogP contribution in [-0.4, -0.2) is 25.2 Å². The number of benzene rings is 2. The van der Waals surface area contributed by atoms with Crippen molar-refractivity contribution in [3.63, 3.8) is 0 Å². The van der Waals surface area contributed by atoms with Crippen molar-refractivity contribution >= 4 is 17.5 Å². The number of hydrogen-bond donors (Lipinski definition) is 2. The lowest BCUT2D eigenvalue weighted by Crippen LogP contribution is -2.29. The summed E-state index contributed by atoms with van der Waals surface area (Å²) in [6, 6.07) is 7.18. The van der Waals surface area contributed by atoms with Crippen molar-refractivity contribution < 1.29 is 23.8 Å². The van der Waals surface area contributed by atoms with Gasteiger partial charge in [0.25, 0.3) is 5.91 Å². The first-order valence-corrected chi connectivity index (χ1v) is 9.01. The highest BCUT2D eigenvalue weighted by atomic mass is 16.7. The number of ether oxygens (including phenoxy) is 3. The molecule has 2 amide bonds. The molecule has 0 spiro atoms. The molecule has 1 heterocycles. The van der Waals surface area contributed by atoms with Gasteiger partial charge in [-0.1, -0.05) is 6.07 Å². The van der Waals surface area contributed by atoms with Gasteiger partial charge in [0.1, 0.15) is 5.75 Å². The number of carbonyl (C=O) groups excluding carboxylic acids is 2. The topological polar surface area (TPSA) is 85.9 Å². The van der Waals surface area contributed by atoms with Crippen LogP contribution in [0, 0.1) is 20.8 Å². The smallest absolute Gasteiger partial charge is 0.258 e. The van der Waals surface area contributed by atoms with E-state index in [0.29, 0.717) is 23.8 Å². The molecule has 3 rings (SSSR count). The van der Waals surface area contributed by atoms with Crippen LogP contribution in [0.25, 0.3) is 0 Å². The minimum absolute atomic E-state index is 0.109. The summed E-state index contributed by atoms with van der Waals surface area (Å²) in [7, 11) is 0. The Kier molecular flexibility index (Phi) is 5.73. The van der Waals surface area contributed by atoms with Crippen LogP contribution in [0.1, 0.15) is 29.2 Å². The molecule has 1 aliphatic rings. The van der Waals surface area contributed by atoms with Crippen LogP contribution in [0.4, 0.5) is 5.69 Å². The summed E-state index contributed by atoms with van der Waals surface area (Å²) in [6.45, 7) is 7.80. The van der Waals surface area contributed by atoms with Crippen LogP contribution < -0.4 is 24.8 Å². The molecule has 2 aromatic carbocycles. The fourth-order valence-corrected chi connectivity index (χ4v) is 3.22. The second kappa shape index (κ2) is 8.21. The van der Waals surface area contributed by atoms with E-state index in [0.717, 1.165) is 27.9 Å². The maximum absolute atomic E-state index is 12.2. The predicted molar refractivity (Wildman–Crippen MR) is 105 cm³/mol. The van der Waals surface area contributed by atoms with E-state index < -0.39 is 0 Å². The molecule has 2 aromatic rings. The molecule has 0 saturated heterocycles. The first-order valence-electron chi connectivity index (χ1n) is 9.01. The van der Waals surface area contributed by atoms with Gasteiger partial charge < -0.3 is 24.8 Å². The lowest BCUT2D eigenvalue weighted by atomic mass is 9.97. The quantitative estimate of drug-likeness (QED) is 0.800. The second-order valence-electron chi connectivity index (χ2n) is 6.75. The van der Waals surface area contributed by atoms with E-state index in [4.69, 9.17) is 14.2 Å². The summed E-state index contributed by atoms with van der Waals surface area (Å²) in [5, 5.41) is 5.74. The Morgan fingerprint density at radius 2 is 1.82 bits per heavy atom. The summed E-state index contributed by atoms with van der Waals surface area (Å²) in [4.78, 5) is 23.7. The predicted octanol–water partition coefficient (Wildman–Crippen LogP) is 2.99. The van der Waals surface area contributed by atoms with E-state index in [1.807, 2.05) is 26.8 Å². The van der Waals surface area contributed by atoms with E-state index >= 15 is 0 Å². The molecule has 0 unspecified atom stereocenters. The SMILES string of the molecule is CC(=O)Nc1c(C)cc(C)c(CNC(=O)COc2ccc3c(c2)OCO3)c1C. The van der Waals surface area contributed by atoms with Crippen molar-refractivity contribution in [3.8, 4) is 17.2 Å². The van der Waals surface area contributed by atoms with Crippen LogP contribution >= 0.6 is 0 Å². The first-order chi connectivity index (χ1) is 13.3. The van der Waals surface area contributed by atoms with Crippen molar-refractivity contribution in [3.05, 3.63) is 46.5 Å². The van der Waals surface area contributed by atoms with E-state index in [9.17, 15) is 9.59 Å². The summed E-state index contributed by atoms with van der Waals surface area (Å²) < 4.78 is 16.1. The summed E-state index contributed by atoms with van der Waals surface area (Å²) >= 11 is 0. The maximum Gasteiger partial charge on any atom is 0.258 e. The Labute approximate surface area is 164 Å². The first kappa shape index (κ1) is 19.5. The van der Waals surface area contributed by atoms with E-state index in [1.165, 1.54) is 6.92 Å². The minimum atomic E-state index is -0.238. The maximum atomic E-state index is 12.2. The molecule has 0 fully saturated rings. The Balaban J connectivity index is 1.60. The normalized spacial score (nSPS) is 11.9. The van der Waals surface area contributed by atoms with Gasteiger partial charge in [0.15, 0.2) is 18.1 Å². The number of anilines is 1. The largest absolute Gasteiger partial charge is 0.484 e. The Bertz CT molecular complexity index is 923. The molecular formula is C21H24N2O5.